The van der Waals surface area contributed by atoms with E-state index < -0.39 is 4.92 Å². The molecule has 2 aromatic carbocycles. The maximum Gasteiger partial charge on any atom is 0.277 e. The van der Waals surface area contributed by atoms with Crippen molar-refractivity contribution in [3.05, 3.63) is 75.8 Å². The number of benzene rings is 2. The van der Waals surface area contributed by atoms with Crippen molar-refractivity contribution in [1.29, 1.82) is 0 Å². The lowest BCUT2D eigenvalue weighted by atomic mass is 9.99. The zero-order valence-electron chi connectivity index (χ0n) is 15.9. The normalized spacial score (nSPS) is 12.2. The standard InChI is InChI=1S/C21H23N3O4/c1-3-16(2)18-9-11-20(12-10-18)28-15-21(25)23-22-13-5-7-17-6-4-8-19(14-17)24(26)27/h4-14,16H,3,15H2,1-2H3,(H,23,25)/b7-5+,22-13-/t16-/m0/s1. The van der Waals surface area contributed by atoms with Gasteiger partial charge in [-0.3, -0.25) is 14.9 Å². The van der Waals surface area contributed by atoms with Crippen molar-refractivity contribution in [2.75, 3.05) is 6.61 Å². The van der Waals surface area contributed by atoms with E-state index in [9.17, 15) is 14.9 Å². The van der Waals surface area contributed by atoms with Gasteiger partial charge in [0.25, 0.3) is 11.6 Å². The minimum absolute atomic E-state index is 0.0155. The van der Waals surface area contributed by atoms with Crippen LogP contribution in [0.25, 0.3) is 6.08 Å². The van der Waals surface area contributed by atoms with Crippen molar-refractivity contribution >= 4 is 23.9 Å². The molecule has 1 atom stereocenters. The number of hydrazone groups is 1. The second-order valence-electron chi connectivity index (χ2n) is 6.19. The van der Waals surface area contributed by atoms with Crippen LogP contribution in [0.3, 0.4) is 0 Å². The second kappa shape index (κ2) is 10.6. The monoisotopic (exact) mass is 381 g/mol. The van der Waals surface area contributed by atoms with E-state index in [1.54, 1.807) is 24.3 Å². The highest BCUT2D eigenvalue weighted by molar-refractivity contribution is 5.82. The van der Waals surface area contributed by atoms with Crippen molar-refractivity contribution in [3.63, 3.8) is 0 Å². The zero-order chi connectivity index (χ0) is 20.4. The number of carbonyl (C=O) groups is 1. The average Bonchev–Trinajstić information content (AvgIpc) is 2.72. The maximum absolute atomic E-state index is 11.7. The summed E-state index contributed by atoms with van der Waals surface area (Å²) in [6, 6.07) is 13.9. The largest absolute Gasteiger partial charge is 0.484 e. The van der Waals surface area contributed by atoms with Crippen molar-refractivity contribution in [3.8, 4) is 5.75 Å². The summed E-state index contributed by atoms with van der Waals surface area (Å²) >= 11 is 0. The van der Waals surface area contributed by atoms with Crippen molar-refractivity contribution in [2.24, 2.45) is 5.10 Å². The summed E-state index contributed by atoms with van der Waals surface area (Å²) in [7, 11) is 0. The number of carbonyl (C=O) groups excluding carboxylic acids is 1. The first-order valence-corrected chi connectivity index (χ1v) is 8.95. The van der Waals surface area contributed by atoms with Gasteiger partial charge in [-0.2, -0.15) is 5.10 Å². The lowest BCUT2D eigenvalue weighted by Gasteiger charge is -2.10. The molecular weight excluding hydrogens is 358 g/mol. The topological polar surface area (TPSA) is 93.8 Å². The number of nitro benzene ring substituents is 1. The summed E-state index contributed by atoms with van der Waals surface area (Å²) in [6.07, 6.45) is 5.68. The zero-order valence-corrected chi connectivity index (χ0v) is 15.9. The third kappa shape index (κ3) is 6.68. The third-order valence-corrected chi connectivity index (χ3v) is 4.15. The Kier molecular flexibility index (Phi) is 7.90. The molecule has 1 N–H and O–H groups in total. The molecule has 0 aliphatic carbocycles. The van der Waals surface area contributed by atoms with Gasteiger partial charge in [-0.1, -0.05) is 44.2 Å². The van der Waals surface area contributed by atoms with Gasteiger partial charge in [0.2, 0.25) is 0 Å². The van der Waals surface area contributed by atoms with Gasteiger partial charge >= 0.3 is 0 Å². The fraction of sp³-hybridized carbons (Fsp3) is 0.238. The number of hydrogen-bond acceptors (Lipinski definition) is 5. The van der Waals surface area contributed by atoms with Crippen LogP contribution < -0.4 is 10.2 Å². The van der Waals surface area contributed by atoms with Crippen LogP contribution in [0.4, 0.5) is 5.69 Å². The summed E-state index contributed by atoms with van der Waals surface area (Å²) in [6.45, 7) is 4.15. The van der Waals surface area contributed by atoms with Gasteiger partial charge in [-0.25, -0.2) is 5.43 Å². The highest BCUT2D eigenvalue weighted by Gasteiger charge is 2.05. The van der Waals surface area contributed by atoms with E-state index in [2.05, 4.69) is 24.4 Å². The first-order valence-electron chi connectivity index (χ1n) is 8.95. The molecule has 146 valence electrons. The van der Waals surface area contributed by atoms with Gasteiger partial charge in [0, 0.05) is 18.3 Å². The Labute approximate surface area is 163 Å². The minimum atomic E-state index is -0.455. The fourth-order valence-corrected chi connectivity index (χ4v) is 2.36. The number of rotatable bonds is 9. The second-order valence-corrected chi connectivity index (χ2v) is 6.19. The first kappa shape index (κ1) is 20.8. The molecule has 2 aromatic rings. The number of nitrogens with one attached hydrogen (secondary N) is 1. The van der Waals surface area contributed by atoms with Gasteiger partial charge in [0.15, 0.2) is 6.61 Å². The van der Waals surface area contributed by atoms with E-state index in [0.717, 1.165) is 6.42 Å². The Bertz CT molecular complexity index is 860. The number of ether oxygens (including phenoxy) is 1. The van der Waals surface area contributed by atoms with E-state index in [0.29, 0.717) is 17.2 Å². The molecule has 28 heavy (non-hydrogen) atoms. The van der Waals surface area contributed by atoms with Crippen LogP contribution in [0.5, 0.6) is 5.75 Å². The Morgan fingerprint density at radius 1 is 1.29 bits per heavy atom. The number of allylic oxidation sites excluding steroid dienone is 1. The van der Waals surface area contributed by atoms with Crippen LogP contribution in [0, 0.1) is 10.1 Å². The van der Waals surface area contributed by atoms with Gasteiger partial charge in [0.05, 0.1) is 4.92 Å². The van der Waals surface area contributed by atoms with E-state index in [4.69, 9.17) is 4.74 Å². The number of hydrogen-bond donors (Lipinski definition) is 1. The molecule has 0 heterocycles. The first-order chi connectivity index (χ1) is 13.5. The lowest BCUT2D eigenvalue weighted by Crippen LogP contribution is -2.24. The molecule has 0 fully saturated rings. The molecule has 0 saturated heterocycles. The minimum Gasteiger partial charge on any atom is -0.484 e. The molecule has 7 heteroatoms. The smallest absolute Gasteiger partial charge is 0.277 e. The molecular formula is C21H23N3O4. The van der Waals surface area contributed by atoms with Crippen molar-refractivity contribution in [1.82, 2.24) is 5.43 Å². The summed E-state index contributed by atoms with van der Waals surface area (Å²) in [5.41, 5.74) is 4.27. The van der Waals surface area contributed by atoms with Gasteiger partial charge in [-0.05, 0) is 41.7 Å². The SMILES string of the molecule is CC[C@H](C)c1ccc(OCC(=O)N/N=C\C=C\c2cccc([N+](=O)[O-])c2)cc1. The van der Waals surface area contributed by atoms with E-state index in [1.165, 1.54) is 23.9 Å². The molecule has 7 nitrogen and oxygen atoms in total. The Morgan fingerprint density at radius 2 is 2.04 bits per heavy atom. The number of non-ortho nitro benzene ring substituents is 1. The Morgan fingerprint density at radius 3 is 2.71 bits per heavy atom. The van der Waals surface area contributed by atoms with E-state index >= 15 is 0 Å². The predicted octanol–water partition coefficient (Wildman–Crippen LogP) is 4.30. The van der Waals surface area contributed by atoms with E-state index in [-0.39, 0.29) is 18.2 Å². The van der Waals surface area contributed by atoms with Crippen molar-refractivity contribution < 1.29 is 14.5 Å². The van der Waals surface area contributed by atoms with Crippen LogP contribution >= 0.6 is 0 Å². The third-order valence-electron chi connectivity index (χ3n) is 4.15. The van der Waals surface area contributed by atoms with Gasteiger partial charge in [0.1, 0.15) is 5.75 Å². The summed E-state index contributed by atoms with van der Waals surface area (Å²) in [4.78, 5) is 22.0. The Balaban J connectivity index is 1.76. The van der Waals surface area contributed by atoms with Crippen LogP contribution in [0.15, 0.2) is 59.7 Å². The molecule has 0 aliphatic rings. The molecule has 0 radical (unpaired) electrons. The highest BCUT2D eigenvalue weighted by atomic mass is 16.6. The van der Waals surface area contributed by atoms with Crippen LogP contribution in [0.2, 0.25) is 0 Å². The molecule has 0 spiro atoms. The molecule has 0 bridgehead atoms. The van der Waals surface area contributed by atoms with Crippen LogP contribution in [-0.2, 0) is 4.79 Å². The van der Waals surface area contributed by atoms with Gasteiger partial charge < -0.3 is 4.74 Å². The number of nitro groups is 1. The number of nitrogens with zero attached hydrogens (tertiary/aromatic N) is 2. The van der Waals surface area contributed by atoms with Crippen molar-refractivity contribution in [2.45, 2.75) is 26.2 Å². The molecule has 0 saturated carbocycles. The predicted molar refractivity (Wildman–Crippen MR) is 109 cm³/mol. The van der Waals surface area contributed by atoms with Gasteiger partial charge in [-0.15, -0.1) is 0 Å². The molecule has 0 aliphatic heterocycles. The molecule has 0 unspecified atom stereocenters. The molecule has 2 rings (SSSR count). The van der Waals surface area contributed by atoms with Crippen LogP contribution in [-0.4, -0.2) is 23.7 Å². The summed E-state index contributed by atoms with van der Waals surface area (Å²) < 4.78 is 5.43. The Hall–Kier alpha value is -3.48. The maximum atomic E-state index is 11.7. The van der Waals surface area contributed by atoms with Crippen LogP contribution in [0.1, 0.15) is 37.3 Å². The molecule has 0 aromatic heterocycles. The van der Waals surface area contributed by atoms with E-state index in [1.807, 2.05) is 24.3 Å². The highest BCUT2D eigenvalue weighted by Crippen LogP contribution is 2.21. The fourth-order valence-electron chi connectivity index (χ4n) is 2.36. The summed E-state index contributed by atoms with van der Waals surface area (Å²) in [5, 5.41) is 14.5. The summed E-state index contributed by atoms with van der Waals surface area (Å²) in [5.74, 6) is 0.726. The lowest BCUT2D eigenvalue weighted by molar-refractivity contribution is -0.384. The quantitative estimate of drug-likeness (QED) is 0.398. The molecule has 1 amide bonds. The number of amides is 1. The average molecular weight is 381 g/mol.